The SMILES string of the molecule is CCc1c(C)nc(C(C)(C)C)nc1C. The van der Waals surface area contributed by atoms with Crippen LogP contribution in [-0.2, 0) is 11.8 Å². The van der Waals surface area contributed by atoms with Gasteiger partial charge >= 0.3 is 0 Å². The molecule has 0 radical (unpaired) electrons. The van der Waals surface area contributed by atoms with Crippen molar-refractivity contribution in [2.45, 2.75) is 53.4 Å². The van der Waals surface area contributed by atoms with E-state index in [1.54, 1.807) is 0 Å². The fraction of sp³-hybridized carbons (Fsp3) is 0.667. The van der Waals surface area contributed by atoms with Crippen LogP contribution in [0, 0.1) is 13.8 Å². The minimum absolute atomic E-state index is 0.0434. The Morgan fingerprint density at radius 1 is 1.00 bits per heavy atom. The molecule has 14 heavy (non-hydrogen) atoms. The van der Waals surface area contributed by atoms with Gasteiger partial charge in [-0.2, -0.15) is 0 Å². The van der Waals surface area contributed by atoms with E-state index in [4.69, 9.17) is 0 Å². The number of hydrogen-bond acceptors (Lipinski definition) is 2. The third kappa shape index (κ3) is 2.11. The molecule has 0 bridgehead atoms. The van der Waals surface area contributed by atoms with Gasteiger partial charge in [-0.3, -0.25) is 0 Å². The molecule has 1 aromatic rings. The largest absolute Gasteiger partial charge is 0.237 e. The second kappa shape index (κ2) is 3.68. The lowest BCUT2D eigenvalue weighted by Gasteiger charge is -2.19. The van der Waals surface area contributed by atoms with Crippen LogP contribution in [0.5, 0.6) is 0 Å². The maximum absolute atomic E-state index is 4.56. The molecule has 2 heteroatoms. The van der Waals surface area contributed by atoms with E-state index >= 15 is 0 Å². The number of nitrogens with zero attached hydrogens (tertiary/aromatic N) is 2. The van der Waals surface area contributed by atoms with Crippen LogP contribution in [0.1, 0.15) is 50.5 Å². The average Bonchev–Trinajstić information content (AvgIpc) is 2.01. The van der Waals surface area contributed by atoms with E-state index in [1.165, 1.54) is 5.56 Å². The van der Waals surface area contributed by atoms with E-state index in [0.29, 0.717) is 0 Å². The van der Waals surface area contributed by atoms with Gasteiger partial charge in [-0.25, -0.2) is 9.97 Å². The molecule has 0 unspecified atom stereocenters. The molecule has 0 aliphatic carbocycles. The van der Waals surface area contributed by atoms with Crippen molar-refractivity contribution in [1.82, 2.24) is 9.97 Å². The highest BCUT2D eigenvalue weighted by molar-refractivity contribution is 5.25. The van der Waals surface area contributed by atoms with Crippen LogP contribution in [-0.4, -0.2) is 9.97 Å². The van der Waals surface area contributed by atoms with Crippen molar-refractivity contribution in [3.05, 3.63) is 22.8 Å². The van der Waals surface area contributed by atoms with Gasteiger partial charge in [0, 0.05) is 16.8 Å². The molecule has 0 atom stereocenters. The Hall–Kier alpha value is -0.920. The highest BCUT2D eigenvalue weighted by atomic mass is 14.9. The molecule has 0 aromatic carbocycles. The van der Waals surface area contributed by atoms with Crippen molar-refractivity contribution in [2.24, 2.45) is 0 Å². The van der Waals surface area contributed by atoms with Crippen LogP contribution in [0.3, 0.4) is 0 Å². The maximum atomic E-state index is 4.56. The van der Waals surface area contributed by atoms with Gasteiger partial charge in [0.25, 0.3) is 0 Å². The number of hydrogen-bond donors (Lipinski definition) is 0. The third-order valence-electron chi connectivity index (χ3n) is 2.45. The zero-order valence-corrected chi connectivity index (χ0v) is 10.1. The van der Waals surface area contributed by atoms with Gasteiger partial charge in [0.2, 0.25) is 0 Å². The summed E-state index contributed by atoms with van der Waals surface area (Å²) in [7, 11) is 0. The van der Waals surface area contributed by atoms with Gasteiger partial charge in [-0.05, 0) is 25.8 Å². The summed E-state index contributed by atoms with van der Waals surface area (Å²) in [6.45, 7) is 12.7. The first-order valence-corrected chi connectivity index (χ1v) is 5.21. The van der Waals surface area contributed by atoms with Gasteiger partial charge in [0.05, 0.1) is 0 Å². The van der Waals surface area contributed by atoms with Crippen LogP contribution >= 0.6 is 0 Å². The zero-order valence-electron chi connectivity index (χ0n) is 10.1. The summed E-state index contributed by atoms with van der Waals surface area (Å²) in [5.41, 5.74) is 3.59. The van der Waals surface area contributed by atoms with E-state index < -0.39 is 0 Å². The van der Waals surface area contributed by atoms with Crippen molar-refractivity contribution in [3.63, 3.8) is 0 Å². The van der Waals surface area contributed by atoms with E-state index in [-0.39, 0.29) is 5.41 Å². The fourth-order valence-electron chi connectivity index (χ4n) is 1.59. The van der Waals surface area contributed by atoms with Gasteiger partial charge in [0.1, 0.15) is 5.82 Å². The first-order chi connectivity index (χ1) is 6.36. The lowest BCUT2D eigenvalue weighted by Crippen LogP contribution is -2.18. The second-order valence-corrected chi connectivity index (χ2v) is 4.80. The highest BCUT2D eigenvalue weighted by Gasteiger charge is 2.19. The van der Waals surface area contributed by atoms with Gasteiger partial charge in [-0.1, -0.05) is 27.7 Å². The monoisotopic (exact) mass is 192 g/mol. The van der Waals surface area contributed by atoms with Crippen LogP contribution in [0.4, 0.5) is 0 Å². The predicted octanol–water partition coefficient (Wildman–Crippen LogP) is 2.95. The Bertz CT molecular complexity index is 312. The molecule has 1 heterocycles. The normalized spacial score (nSPS) is 11.9. The molecule has 1 aromatic heterocycles. The molecule has 0 spiro atoms. The first kappa shape index (κ1) is 11.2. The van der Waals surface area contributed by atoms with Gasteiger partial charge in [-0.15, -0.1) is 0 Å². The smallest absolute Gasteiger partial charge is 0.134 e. The summed E-state index contributed by atoms with van der Waals surface area (Å²) in [5, 5.41) is 0. The van der Waals surface area contributed by atoms with Crippen molar-refractivity contribution in [1.29, 1.82) is 0 Å². The first-order valence-electron chi connectivity index (χ1n) is 5.21. The number of rotatable bonds is 1. The Labute approximate surface area is 86.8 Å². The van der Waals surface area contributed by atoms with Crippen LogP contribution in [0.2, 0.25) is 0 Å². The van der Waals surface area contributed by atoms with Crippen molar-refractivity contribution in [2.75, 3.05) is 0 Å². The average molecular weight is 192 g/mol. The van der Waals surface area contributed by atoms with Crippen LogP contribution < -0.4 is 0 Å². The minimum Gasteiger partial charge on any atom is -0.237 e. The lowest BCUT2D eigenvalue weighted by atomic mass is 9.95. The molecule has 78 valence electrons. The zero-order chi connectivity index (χ0) is 10.9. The van der Waals surface area contributed by atoms with Gasteiger partial charge < -0.3 is 0 Å². The summed E-state index contributed by atoms with van der Waals surface area (Å²) in [5.74, 6) is 0.949. The summed E-state index contributed by atoms with van der Waals surface area (Å²) in [4.78, 5) is 9.13. The summed E-state index contributed by atoms with van der Waals surface area (Å²) in [6.07, 6.45) is 1.02. The summed E-state index contributed by atoms with van der Waals surface area (Å²) >= 11 is 0. The predicted molar refractivity (Wildman–Crippen MR) is 59.6 cm³/mol. The molecular weight excluding hydrogens is 172 g/mol. The van der Waals surface area contributed by atoms with E-state index in [9.17, 15) is 0 Å². The molecule has 2 nitrogen and oxygen atoms in total. The molecule has 1 rings (SSSR count). The molecule has 0 aliphatic heterocycles. The van der Waals surface area contributed by atoms with E-state index in [0.717, 1.165) is 23.6 Å². The Morgan fingerprint density at radius 2 is 1.43 bits per heavy atom. The van der Waals surface area contributed by atoms with Gasteiger partial charge in [0.15, 0.2) is 0 Å². The van der Waals surface area contributed by atoms with E-state index in [1.807, 2.05) is 0 Å². The standard InChI is InChI=1S/C12H20N2/c1-7-10-8(2)13-11(12(4,5)6)14-9(10)3/h7H2,1-6H3. The van der Waals surface area contributed by atoms with Crippen LogP contribution in [0.25, 0.3) is 0 Å². The Kier molecular flexibility index (Phi) is 2.93. The molecule has 0 saturated carbocycles. The lowest BCUT2D eigenvalue weighted by molar-refractivity contribution is 0.539. The minimum atomic E-state index is 0.0434. The van der Waals surface area contributed by atoms with E-state index in [2.05, 4.69) is 51.5 Å². The van der Waals surface area contributed by atoms with Crippen molar-refractivity contribution < 1.29 is 0 Å². The molecule has 0 saturated heterocycles. The molecule has 0 amide bonds. The molecule has 0 fully saturated rings. The van der Waals surface area contributed by atoms with Crippen molar-refractivity contribution >= 4 is 0 Å². The quantitative estimate of drug-likeness (QED) is 0.683. The topological polar surface area (TPSA) is 25.8 Å². The number of aromatic nitrogens is 2. The third-order valence-corrected chi connectivity index (χ3v) is 2.45. The molecule has 0 aliphatic rings. The summed E-state index contributed by atoms with van der Waals surface area (Å²) in [6, 6.07) is 0. The second-order valence-electron chi connectivity index (χ2n) is 4.80. The highest BCUT2D eigenvalue weighted by Crippen LogP contribution is 2.20. The summed E-state index contributed by atoms with van der Waals surface area (Å²) < 4.78 is 0. The van der Waals surface area contributed by atoms with Crippen molar-refractivity contribution in [3.8, 4) is 0 Å². The molecule has 0 N–H and O–H groups in total. The maximum Gasteiger partial charge on any atom is 0.134 e. The fourth-order valence-corrected chi connectivity index (χ4v) is 1.59. The Morgan fingerprint density at radius 3 is 1.71 bits per heavy atom. The van der Waals surface area contributed by atoms with Crippen LogP contribution in [0.15, 0.2) is 0 Å². The number of aryl methyl sites for hydroxylation is 2. The Balaban J connectivity index is 3.28. The molecular formula is C12H20N2.